The van der Waals surface area contributed by atoms with Crippen molar-refractivity contribution in [3.8, 4) is 5.88 Å². The van der Waals surface area contributed by atoms with Crippen molar-refractivity contribution in [2.45, 2.75) is 23.4 Å². The Morgan fingerprint density at radius 3 is 2.59 bits per heavy atom. The van der Waals surface area contributed by atoms with Gasteiger partial charge in [0.15, 0.2) is 0 Å². The van der Waals surface area contributed by atoms with Crippen molar-refractivity contribution in [1.82, 2.24) is 9.88 Å². The van der Waals surface area contributed by atoms with Crippen LogP contribution in [0.5, 0.6) is 5.88 Å². The molecule has 7 nitrogen and oxygen atoms in total. The molecule has 3 heterocycles. The Morgan fingerprint density at radius 2 is 2.07 bits per heavy atom. The quantitative estimate of drug-likeness (QED) is 0.813. The number of pyridine rings is 1. The molecule has 0 aromatic carbocycles. The predicted molar refractivity (Wildman–Crippen MR) is 90.6 cm³/mol. The third-order valence-electron chi connectivity index (χ3n) is 3.92. The van der Waals surface area contributed by atoms with E-state index in [0.717, 1.165) is 25.3 Å². The molecule has 2 aliphatic rings. The maximum Gasteiger partial charge on any atom is 0.490 e. The van der Waals surface area contributed by atoms with Gasteiger partial charge in [0, 0.05) is 44.6 Å². The number of likely N-dealkylation sites (tertiary alicyclic amines) is 1. The first kappa shape index (κ1) is 21.3. The Hall–Kier alpha value is -2.01. The van der Waals surface area contributed by atoms with Gasteiger partial charge in [-0.3, -0.25) is 4.79 Å². The van der Waals surface area contributed by atoms with Crippen LogP contribution in [0.2, 0.25) is 0 Å². The summed E-state index contributed by atoms with van der Waals surface area (Å²) in [5.41, 5.74) is 0. The molecule has 1 aromatic rings. The highest BCUT2D eigenvalue weighted by molar-refractivity contribution is 8.01. The second kappa shape index (κ2) is 8.79. The monoisotopic (exact) mass is 408 g/mol. The molecule has 2 aliphatic heterocycles. The maximum atomic E-state index is 11.7. The van der Waals surface area contributed by atoms with Gasteiger partial charge in [0.1, 0.15) is 12.7 Å². The second-order valence-corrected chi connectivity index (χ2v) is 7.58. The Balaban J connectivity index is 0.000000321. The zero-order valence-electron chi connectivity index (χ0n) is 14.4. The van der Waals surface area contributed by atoms with Crippen molar-refractivity contribution in [2.75, 3.05) is 32.6 Å². The van der Waals surface area contributed by atoms with Crippen molar-refractivity contribution in [3.05, 3.63) is 24.4 Å². The van der Waals surface area contributed by atoms with Crippen LogP contribution in [-0.4, -0.2) is 76.5 Å². The van der Waals surface area contributed by atoms with Gasteiger partial charge in [-0.05, 0) is 6.07 Å². The number of alkyl halides is 3. The Bertz CT molecular complexity index is 653. The molecule has 2 fully saturated rings. The third kappa shape index (κ3) is 5.99. The fourth-order valence-electron chi connectivity index (χ4n) is 2.73. The molecule has 1 atom stereocenters. The highest BCUT2D eigenvalue weighted by Crippen LogP contribution is 2.45. The van der Waals surface area contributed by atoms with Crippen molar-refractivity contribution in [1.29, 1.82) is 0 Å². The number of ether oxygens (including phenoxy) is 2. The molecule has 1 amide bonds. The van der Waals surface area contributed by atoms with Gasteiger partial charge in [-0.15, -0.1) is 11.8 Å². The number of carboxylic acid groups (broad SMARTS) is 1. The molecule has 3 rings (SSSR count). The summed E-state index contributed by atoms with van der Waals surface area (Å²) >= 11 is 1.91. The average molecular weight is 408 g/mol. The molecule has 0 saturated carbocycles. The van der Waals surface area contributed by atoms with Crippen LogP contribution in [0.4, 0.5) is 13.2 Å². The summed E-state index contributed by atoms with van der Waals surface area (Å²) < 4.78 is 42.7. The number of aromatic nitrogens is 1. The number of hydrogen-bond donors (Lipinski definition) is 1. The minimum atomic E-state index is -5.08. The van der Waals surface area contributed by atoms with Gasteiger partial charge in [-0.2, -0.15) is 13.2 Å². The SMILES string of the molecule is COCC(=O)N1CC2(CC(Oc3ccccn3)CS2)C1.O=C(O)C(F)(F)F. The molecular formula is C16H19F3N2O5S. The fraction of sp³-hybridized carbons (Fsp3) is 0.562. The summed E-state index contributed by atoms with van der Waals surface area (Å²) in [5.74, 6) is -1.04. The van der Waals surface area contributed by atoms with Gasteiger partial charge in [0.05, 0.1) is 4.75 Å². The van der Waals surface area contributed by atoms with Crippen molar-refractivity contribution in [3.63, 3.8) is 0 Å². The minimum absolute atomic E-state index is 0.0767. The summed E-state index contributed by atoms with van der Waals surface area (Å²) in [4.78, 5) is 26.6. The summed E-state index contributed by atoms with van der Waals surface area (Å²) in [6.07, 6.45) is -2.18. The van der Waals surface area contributed by atoms with E-state index < -0.39 is 12.1 Å². The van der Waals surface area contributed by atoms with Gasteiger partial charge in [-0.25, -0.2) is 9.78 Å². The van der Waals surface area contributed by atoms with E-state index in [0.29, 0.717) is 5.88 Å². The third-order valence-corrected chi connectivity index (χ3v) is 5.50. The lowest BCUT2D eigenvalue weighted by atomic mass is 9.93. The number of nitrogens with zero attached hydrogens (tertiary/aromatic N) is 2. The highest BCUT2D eigenvalue weighted by atomic mass is 32.2. The summed E-state index contributed by atoms with van der Waals surface area (Å²) in [7, 11) is 1.55. The van der Waals surface area contributed by atoms with Crippen LogP contribution < -0.4 is 4.74 Å². The van der Waals surface area contributed by atoms with E-state index in [2.05, 4.69) is 4.98 Å². The predicted octanol–water partition coefficient (Wildman–Crippen LogP) is 1.83. The first-order valence-electron chi connectivity index (χ1n) is 7.94. The van der Waals surface area contributed by atoms with E-state index in [1.807, 2.05) is 34.9 Å². The van der Waals surface area contributed by atoms with Crippen molar-refractivity contribution < 1.29 is 37.3 Å². The van der Waals surface area contributed by atoms with E-state index >= 15 is 0 Å². The molecule has 1 N–H and O–H groups in total. The van der Waals surface area contributed by atoms with Gasteiger partial charge in [-0.1, -0.05) is 6.07 Å². The van der Waals surface area contributed by atoms with Crippen LogP contribution >= 0.6 is 11.8 Å². The van der Waals surface area contributed by atoms with Gasteiger partial charge in [0.25, 0.3) is 0 Å². The van der Waals surface area contributed by atoms with E-state index in [-0.39, 0.29) is 23.4 Å². The fourth-order valence-corrected chi connectivity index (χ4v) is 4.25. The molecule has 0 radical (unpaired) electrons. The largest absolute Gasteiger partial charge is 0.490 e. The first-order chi connectivity index (χ1) is 12.6. The molecule has 150 valence electrons. The minimum Gasteiger partial charge on any atom is -0.475 e. The molecule has 0 bridgehead atoms. The molecule has 1 unspecified atom stereocenters. The molecule has 0 aliphatic carbocycles. The first-order valence-corrected chi connectivity index (χ1v) is 8.92. The second-order valence-electron chi connectivity index (χ2n) is 6.09. The Kier molecular flexibility index (Phi) is 6.93. The average Bonchev–Trinajstić information content (AvgIpc) is 2.98. The van der Waals surface area contributed by atoms with E-state index in [1.54, 1.807) is 13.3 Å². The summed E-state index contributed by atoms with van der Waals surface area (Å²) in [6, 6.07) is 5.68. The molecule has 27 heavy (non-hydrogen) atoms. The van der Waals surface area contributed by atoms with Crippen molar-refractivity contribution in [2.24, 2.45) is 0 Å². The smallest absolute Gasteiger partial charge is 0.475 e. The molecule has 2 saturated heterocycles. The van der Waals surface area contributed by atoms with E-state index in [4.69, 9.17) is 19.4 Å². The Labute approximate surface area is 157 Å². The summed E-state index contributed by atoms with van der Waals surface area (Å²) in [5, 5.41) is 7.12. The van der Waals surface area contributed by atoms with E-state index in [1.165, 1.54) is 0 Å². The highest BCUT2D eigenvalue weighted by Gasteiger charge is 2.51. The number of amides is 1. The number of halogens is 3. The van der Waals surface area contributed by atoms with Crippen LogP contribution in [0.15, 0.2) is 24.4 Å². The number of thioether (sulfide) groups is 1. The number of aliphatic carboxylic acids is 1. The normalized spacial score (nSPS) is 20.4. The number of carbonyl (C=O) groups is 2. The zero-order chi connectivity index (χ0) is 20.1. The lowest BCUT2D eigenvalue weighted by molar-refractivity contribution is -0.192. The van der Waals surface area contributed by atoms with E-state index in [9.17, 15) is 18.0 Å². The Morgan fingerprint density at radius 1 is 1.41 bits per heavy atom. The molecule has 1 spiro atoms. The molecular weight excluding hydrogens is 389 g/mol. The standard InChI is InChI=1S/C14H18N2O3S.C2HF3O2/c1-18-7-13(17)16-9-14(10-16)6-11(8-20-14)19-12-4-2-3-5-15-12;3-2(4,5)1(6)7/h2-5,11H,6-10H2,1H3;(H,6,7). The van der Waals surface area contributed by atoms with Gasteiger partial charge in [0.2, 0.25) is 11.8 Å². The van der Waals surface area contributed by atoms with Crippen LogP contribution in [0.1, 0.15) is 6.42 Å². The maximum absolute atomic E-state index is 11.7. The number of rotatable bonds is 4. The van der Waals surface area contributed by atoms with Gasteiger partial charge < -0.3 is 19.5 Å². The zero-order valence-corrected chi connectivity index (χ0v) is 15.3. The number of methoxy groups -OCH3 is 1. The van der Waals surface area contributed by atoms with Crippen LogP contribution in [-0.2, 0) is 14.3 Å². The lowest BCUT2D eigenvalue weighted by Gasteiger charge is -2.47. The van der Waals surface area contributed by atoms with Crippen LogP contribution in [0, 0.1) is 0 Å². The van der Waals surface area contributed by atoms with Crippen LogP contribution in [0.3, 0.4) is 0 Å². The lowest BCUT2D eigenvalue weighted by Crippen LogP contribution is -2.61. The number of carboxylic acids is 1. The van der Waals surface area contributed by atoms with Crippen molar-refractivity contribution >= 4 is 23.6 Å². The van der Waals surface area contributed by atoms with Crippen LogP contribution in [0.25, 0.3) is 0 Å². The topological polar surface area (TPSA) is 89.0 Å². The summed E-state index contributed by atoms with van der Waals surface area (Å²) in [6.45, 7) is 1.79. The van der Waals surface area contributed by atoms with Gasteiger partial charge >= 0.3 is 12.1 Å². The molecule has 1 aromatic heterocycles. The molecule has 11 heteroatoms. The number of hydrogen-bond acceptors (Lipinski definition) is 6. The number of carbonyl (C=O) groups excluding carboxylic acids is 1.